The lowest BCUT2D eigenvalue weighted by Gasteiger charge is -2.23. The van der Waals surface area contributed by atoms with Gasteiger partial charge in [0.05, 0.1) is 13.0 Å². The lowest BCUT2D eigenvalue weighted by molar-refractivity contribution is -0.117. The molecule has 0 aliphatic rings. The normalized spacial score (nSPS) is 10.7. The molecule has 0 spiro atoms. The maximum atomic E-state index is 13.0. The molecule has 0 fully saturated rings. The van der Waals surface area contributed by atoms with Crippen molar-refractivity contribution in [2.45, 2.75) is 13.0 Å². The molecule has 0 bridgehead atoms. The minimum Gasteiger partial charge on any atom is -0.342 e. The number of nitrogens with zero attached hydrogens (tertiary/aromatic N) is 2. The van der Waals surface area contributed by atoms with Crippen LogP contribution in [0.25, 0.3) is 10.8 Å². The number of aromatic amines is 1. The van der Waals surface area contributed by atoms with Gasteiger partial charge in [0, 0.05) is 18.1 Å². The zero-order valence-corrected chi connectivity index (χ0v) is 15.2. The first kappa shape index (κ1) is 17.7. The van der Waals surface area contributed by atoms with Gasteiger partial charge in [0.15, 0.2) is 5.82 Å². The molecule has 0 saturated carbocycles. The Morgan fingerprint density at radius 1 is 0.893 bits per heavy atom. The van der Waals surface area contributed by atoms with Crippen molar-refractivity contribution in [1.82, 2.24) is 9.97 Å². The summed E-state index contributed by atoms with van der Waals surface area (Å²) in [5.74, 6) is -0.387. The maximum absolute atomic E-state index is 13.0. The molecular formula is C23H19N3O2. The van der Waals surface area contributed by atoms with Crippen LogP contribution in [0, 0.1) is 0 Å². The number of anilines is 1. The van der Waals surface area contributed by atoms with Gasteiger partial charge in [-0.05, 0) is 34.5 Å². The molecule has 1 aromatic heterocycles. The summed E-state index contributed by atoms with van der Waals surface area (Å²) in [5.41, 5.74) is 1.76. The van der Waals surface area contributed by atoms with Crippen molar-refractivity contribution in [3.63, 3.8) is 0 Å². The Balaban J connectivity index is 1.61. The number of benzene rings is 3. The van der Waals surface area contributed by atoms with Gasteiger partial charge >= 0.3 is 0 Å². The van der Waals surface area contributed by atoms with Crippen molar-refractivity contribution in [3.8, 4) is 0 Å². The first-order valence-corrected chi connectivity index (χ1v) is 9.06. The summed E-state index contributed by atoms with van der Waals surface area (Å²) in [6.45, 7) is 0.388. The van der Waals surface area contributed by atoms with Gasteiger partial charge in [0.1, 0.15) is 0 Å². The molecule has 5 heteroatoms. The van der Waals surface area contributed by atoms with Crippen LogP contribution in [0.1, 0.15) is 22.6 Å². The van der Waals surface area contributed by atoms with Crippen LogP contribution in [0.2, 0.25) is 0 Å². The monoisotopic (exact) mass is 369 g/mol. The van der Waals surface area contributed by atoms with Gasteiger partial charge < -0.3 is 9.88 Å². The zero-order valence-electron chi connectivity index (χ0n) is 15.2. The molecule has 0 saturated heterocycles. The summed E-state index contributed by atoms with van der Waals surface area (Å²) in [4.78, 5) is 33.7. The fraction of sp³-hybridized carbons (Fsp3) is 0.0870. The predicted octanol–water partition coefficient (Wildman–Crippen LogP) is 4.37. The van der Waals surface area contributed by atoms with Crippen LogP contribution in [0.5, 0.6) is 0 Å². The largest absolute Gasteiger partial charge is 0.342 e. The Bertz CT molecular complexity index is 1110. The van der Waals surface area contributed by atoms with Gasteiger partial charge in [-0.2, -0.15) is 0 Å². The third-order valence-electron chi connectivity index (χ3n) is 4.60. The quantitative estimate of drug-likeness (QED) is 0.405. The highest BCUT2D eigenvalue weighted by molar-refractivity contribution is 6.10. The number of para-hydroxylation sites is 1. The lowest BCUT2D eigenvalue weighted by Crippen LogP contribution is -2.32. The van der Waals surface area contributed by atoms with E-state index in [1.54, 1.807) is 11.1 Å². The number of ketones is 1. The van der Waals surface area contributed by atoms with Crippen molar-refractivity contribution < 1.29 is 9.59 Å². The minimum absolute atomic E-state index is 0.201. The third kappa shape index (κ3) is 3.83. The van der Waals surface area contributed by atoms with Crippen molar-refractivity contribution in [3.05, 3.63) is 96.6 Å². The number of Topliss-reactive ketones (excluding diaryl/α,β-unsaturated/α-hetero) is 1. The molecule has 4 rings (SSSR count). The van der Waals surface area contributed by atoms with E-state index in [0.717, 1.165) is 22.0 Å². The maximum Gasteiger partial charge on any atom is 0.235 e. The van der Waals surface area contributed by atoms with Crippen LogP contribution in [0.15, 0.2) is 85.2 Å². The highest BCUT2D eigenvalue weighted by Gasteiger charge is 2.21. The molecule has 0 aliphatic heterocycles. The number of hydrogen-bond donors (Lipinski definition) is 1. The second kappa shape index (κ2) is 7.88. The summed E-state index contributed by atoms with van der Waals surface area (Å²) in [5, 5.41) is 2.27. The highest BCUT2D eigenvalue weighted by atomic mass is 16.2. The number of imidazole rings is 1. The van der Waals surface area contributed by atoms with E-state index < -0.39 is 0 Å². The van der Waals surface area contributed by atoms with Crippen LogP contribution >= 0.6 is 0 Å². The van der Waals surface area contributed by atoms with E-state index in [1.165, 1.54) is 6.20 Å². The number of carbonyl (C=O) groups excluding carboxylic acids is 2. The van der Waals surface area contributed by atoms with Crippen LogP contribution in [0.4, 0.5) is 5.69 Å². The topological polar surface area (TPSA) is 66.1 Å². The van der Waals surface area contributed by atoms with E-state index in [4.69, 9.17) is 0 Å². The van der Waals surface area contributed by atoms with Crippen LogP contribution in [-0.4, -0.2) is 21.7 Å². The Hall–Kier alpha value is -3.73. The SMILES string of the molecule is O=C(CC(=O)N(Cc1ccc2ccccc2c1)c1ccccc1)c1ncc[nH]1. The Kier molecular flexibility index (Phi) is 4.97. The highest BCUT2D eigenvalue weighted by Crippen LogP contribution is 2.21. The van der Waals surface area contributed by atoms with Gasteiger partial charge in [-0.25, -0.2) is 4.98 Å². The molecule has 0 unspecified atom stereocenters. The van der Waals surface area contributed by atoms with E-state index in [0.29, 0.717) is 6.54 Å². The van der Waals surface area contributed by atoms with Gasteiger partial charge in [0.2, 0.25) is 11.7 Å². The van der Waals surface area contributed by atoms with Crippen molar-refractivity contribution in [2.24, 2.45) is 0 Å². The molecule has 0 radical (unpaired) electrons. The summed E-state index contributed by atoms with van der Waals surface area (Å²) in [6, 6.07) is 23.6. The number of rotatable bonds is 6. The molecule has 5 nitrogen and oxygen atoms in total. The Morgan fingerprint density at radius 3 is 2.39 bits per heavy atom. The van der Waals surface area contributed by atoms with E-state index >= 15 is 0 Å². The number of nitrogens with one attached hydrogen (secondary N) is 1. The van der Waals surface area contributed by atoms with Crippen LogP contribution in [0.3, 0.4) is 0 Å². The smallest absolute Gasteiger partial charge is 0.235 e. The minimum atomic E-state index is -0.325. The van der Waals surface area contributed by atoms with Gasteiger partial charge in [-0.3, -0.25) is 9.59 Å². The van der Waals surface area contributed by atoms with Crippen LogP contribution < -0.4 is 4.90 Å². The zero-order chi connectivity index (χ0) is 19.3. The fourth-order valence-corrected chi connectivity index (χ4v) is 3.19. The first-order valence-electron chi connectivity index (χ1n) is 9.06. The van der Waals surface area contributed by atoms with E-state index in [2.05, 4.69) is 22.1 Å². The van der Waals surface area contributed by atoms with E-state index in [9.17, 15) is 9.59 Å². The lowest BCUT2D eigenvalue weighted by atomic mass is 10.1. The fourth-order valence-electron chi connectivity index (χ4n) is 3.19. The van der Waals surface area contributed by atoms with Crippen molar-refractivity contribution in [1.29, 1.82) is 0 Å². The van der Waals surface area contributed by atoms with Crippen LogP contribution in [-0.2, 0) is 11.3 Å². The van der Waals surface area contributed by atoms with E-state index in [-0.39, 0.29) is 23.9 Å². The van der Waals surface area contributed by atoms with Crippen molar-refractivity contribution in [2.75, 3.05) is 4.90 Å². The summed E-state index contributed by atoms with van der Waals surface area (Å²) in [7, 11) is 0. The second-order valence-corrected chi connectivity index (χ2v) is 6.53. The Labute approximate surface area is 162 Å². The molecule has 1 N–H and O–H groups in total. The average Bonchev–Trinajstić information content (AvgIpc) is 3.27. The molecule has 1 heterocycles. The molecule has 138 valence electrons. The Morgan fingerprint density at radius 2 is 1.64 bits per heavy atom. The molecule has 0 aliphatic carbocycles. The van der Waals surface area contributed by atoms with E-state index in [1.807, 2.05) is 60.7 Å². The number of fused-ring (bicyclic) bond motifs is 1. The van der Waals surface area contributed by atoms with Gasteiger partial charge in [0.25, 0.3) is 0 Å². The first-order chi connectivity index (χ1) is 13.7. The second-order valence-electron chi connectivity index (χ2n) is 6.53. The number of aromatic nitrogens is 2. The molecular weight excluding hydrogens is 350 g/mol. The third-order valence-corrected chi connectivity index (χ3v) is 4.60. The van der Waals surface area contributed by atoms with Crippen molar-refractivity contribution >= 4 is 28.2 Å². The standard InChI is InChI=1S/C23H19N3O2/c27-21(23-24-12-13-25-23)15-22(28)26(20-8-2-1-3-9-20)16-17-10-11-18-6-4-5-7-19(18)14-17/h1-14H,15-16H2,(H,24,25). The average molecular weight is 369 g/mol. The number of amides is 1. The number of H-pyrrole nitrogens is 1. The van der Waals surface area contributed by atoms with Gasteiger partial charge in [-0.1, -0.05) is 54.6 Å². The molecule has 0 atom stereocenters. The molecule has 4 aromatic rings. The number of carbonyl (C=O) groups is 2. The number of hydrogen-bond acceptors (Lipinski definition) is 3. The van der Waals surface area contributed by atoms with Gasteiger partial charge in [-0.15, -0.1) is 0 Å². The summed E-state index contributed by atoms with van der Waals surface area (Å²) < 4.78 is 0. The summed E-state index contributed by atoms with van der Waals surface area (Å²) >= 11 is 0. The molecule has 3 aromatic carbocycles. The predicted molar refractivity (Wildman–Crippen MR) is 109 cm³/mol. The molecule has 1 amide bonds. The summed E-state index contributed by atoms with van der Waals surface area (Å²) in [6.07, 6.45) is 2.83. The molecule has 28 heavy (non-hydrogen) atoms.